The van der Waals surface area contributed by atoms with Crippen molar-refractivity contribution < 1.29 is 18.0 Å². The third kappa shape index (κ3) is 6.15. The lowest BCUT2D eigenvalue weighted by molar-refractivity contribution is 0.0940. The fraction of sp³-hybridized carbons (Fsp3) is 0.200. The molecule has 0 fully saturated rings. The molecule has 7 nitrogen and oxygen atoms in total. The van der Waals surface area contributed by atoms with Crippen molar-refractivity contribution in [3.8, 4) is 0 Å². The maximum Gasteiger partial charge on any atom is 0.261 e. The Labute approximate surface area is 204 Å². The van der Waals surface area contributed by atoms with Gasteiger partial charge in [-0.1, -0.05) is 48.4 Å². The summed E-state index contributed by atoms with van der Waals surface area (Å²) in [5.74, 6) is -0.888. The van der Waals surface area contributed by atoms with Gasteiger partial charge in [0.2, 0.25) is 0 Å². The summed E-state index contributed by atoms with van der Waals surface area (Å²) in [6, 6.07) is 17.3. The van der Waals surface area contributed by atoms with Gasteiger partial charge in [-0.3, -0.25) is 14.3 Å². The number of carbonyl (C=O) groups is 2. The predicted molar refractivity (Wildman–Crippen MR) is 135 cm³/mol. The first-order chi connectivity index (χ1) is 16.1. The van der Waals surface area contributed by atoms with Crippen LogP contribution in [0.1, 0.15) is 46.5 Å². The molecule has 0 aliphatic carbocycles. The number of rotatable bonds is 8. The predicted octanol–water partition coefficient (Wildman–Crippen LogP) is 5.23. The van der Waals surface area contributed by atoms with Crippen LogP contribution in [-0.2, 0) is 10.0 Å². The number of carbonyl (C=O) groups excluding carboxylic acids is 2. The van der Waals surface area contributed by atoms with Gasteiger partial charge in [0.1, 0.15) is 0 Å². The van der Waals surface area contributed by atoms with Crippen LogP contribution in [0.2, 0.25) is 5.02 Å². The van der Waals surface area contributed by atoms with Crippen molar-refractivity contribution in [3.63, 3.8) is 0 Å². The first-order valence-electron chi connectivity index (χ1n) is 10.7. The van der Waals surface area contributed by atoms with Crippen LogP contribution in [0, 0.1) is 6.92 Å². The Kier molecular flexibility index (Phi) is 7.96. The number of hydrogen-bond donors (Lipinski definition) is 3. The fourth-order valence-electron chi connectivity index (χ4n) is 3.08. The van der Waals surface area contributed by atoms with E-state index in [0.29, 0.717) is 11.3 Å². The van der Waals surface area contributed by atoms with Gasteiger partial charge in [-0.05, 0) is 62.7 Å². The quantitative estimate of drug-likeness (QED) is 0.394. The molecule has 0 heterocycles. The van der Waals surface area contributed by atoms with Crippen LogP contribution < -0.4 is 15.4 Å². The maximum absolute atomic E-state index is 13.0. The highest BCUT2D eigenvalue weighted by Gasteiger charge is 2.19. The van der Waals surface area contributed by atoms with E-state index in [1.165, 1.54) is 30.3 Å². The van der Waals surface area contributed by atoms with Crippen LogP contribution in [-0.4, -0.2) is 26.3 Å². The molecule has 0 aromatic heterocycles. The Morgan fingerprint density at radius 2 is 1.62 bits per heavy atom. The summed E-state index contributed by atoms with van der Waals surface area (Å²) < 4.78 is 27.9. The summed E-state index contributed by atoms with van der Waals surface area (Å²) >= 11 is 6.24. The molecule has 0 aliphatic heterocycles. The van der Waals surface area contributed by atoms with Crippen LogP contribution in [0.3, 0.4) is 0 Å². The van der Waals surface area contributed by atoms with E-state index in [2.05, 4.69) is 15.4 Å². The molecule has 2 amide bonds. The zero-order valence-electron chi connectivity index (χ0n) is 19.1. The molecular formula is C25H26ClN3O4S. The van der Waals surface area contributed by atoms with E-state index < -0.39 is 15.9 Å². The molecule has 3 aromatic carbocycles. The minimum atomic E-state index is -3.85. The molecule has 0 radical (unpaired) electrons. The Balaban J connectivity index is 1.84. The third-order valence-corrected chi connectivity index (χ3v) is 6.93. The maximum atomic E-state index is 13.0. The standard InChI is InChI=1S/C25H26ClN3O4S/c1-4-17(3)27-24(30)20-7-5-6-8-23(20)28-25(31)21-15-18(11-14-22(21)26)29-34(32,33)19-12-9-16(2)10-13-19/h5-15,17,29H,4H2,1-3H3,(H,27,30)(H,28,31)/t17-/m0/s1. The summed E-state index contributed by atoms with van der Waals surface area (Å²) in [6.07, 6.45) is 0.765. The molecular weight excluding hydrogens is 474 g/mol. The van der Waals surface area contributed by atoms with Gasteiger partial charge >= 0.3 is 0 Å². The van der Waals surface area contributed by atoms with E-state index in [4.69, 9.17) is 11.6 Å². The van der Waals surface area contributed by atoms with Gasteiger partial charge in [0, 0.05) is 11.7 Å². The molecule has 178 valence electrons. The molecule has 9 heteroatoms. The molecule has 0 unspecified atom stereocenters. The molecule has 0 bridgehead atoms. The average Bonchev–Trinajstić information content (AvgIpc) is 2.80. The second-order valence-corrected chi connectivity index (χ2v) is 9.99. The topological polar surface area (TPSA) is 104 Å². The lowest BCUT2D eigenvalue weighted by Gasteiger charge is -2.15. The van der Waals surface area contributed by atoms with Crippen LogP contribution in [0.4, 0.5) is 11.4 Å². The number of sulfonamides is 1. The van der Waals surface area contributed by atoms with Crippen molar-refractivity contribution in [3.05, 3.63) is 88.4 Å². The molecule has 3 N–H and O–H groups in total. The van der Waals surface area contributed by atoms with Gasteiger partial charge in [-0.25, -0.2) is 8.42 Å². The van der Waals surface area contributed by atoms with Crippen molar-refractivity contribution in [1.82, 2.24) is 5.32 Å². The van der Waals surface area contributed by atoms with Crippen LogP contribution in [0.25, 0.3) is 0 Å². The number of anilines is 2. The number of nitrogens with one attached hydrogen (secondary N) is 3. The Hall–Kier alpha value is -3.36. The molecule has 0 aliphatic rings. The lowest BCUT2D eigenvalue weighted by atomic mass is 10.1. The normalized spacial score (nSPS) is 12.0. The molecule has 0 saturated heterocycles. The van der Waals surface area contributed by atoms with Gasteiger partial charge in [0.15, 0.2) is 0 Å². The highest BCUT2D eigenvalue weighted by Crippen LogP contribution is 2.25. The van der Waals surface area contributed by atoms with E-state index in [1.54, 1.807) is 36.4 Å². The third-order valence-electron chi connectivity index (χ3n) is 5.20. The molecule has 1 atom stereocenters. The number of hydrogen-bond acceptors (Lipinski definition) is 4. The van der Waals surface area contributed by atoms with E-state index in [-0.39, 0.29) is 33.1 Å². The lowest BCUT2D eigenvalue weighted by Crippen LogP contribution is -2.32. The zero-order valence-corrected chi connectivity index (χ0v) is 20.6. The van der Waals surface area contributed by atoms with Crippen molar-refractivity contribution in [1.29, 1.82) is 0 Å². The Bertz CT molecular complexity index is 1310. The van der Waals surface area contributed by atoms with Gasteiger partial charge in [-0.2, -0.15) is 0 Å². The second kappa shape index (κ2) is 10.7. The van der Waals surface area contributed by atoms with Gasteiger partial charge in [-0.15, -0.1) is 0 Å². The molecule has 3 aromatic rings. The number of aryl methyl sites for hydroxylation is 1. The fourth-order valence-corrected chi connectivity index (χ4v) is 4.33. The summed E-state index contributed by atoms with van der Waals surface area (Å²) in [5, 5.41) is 5.71. The highest BCUT2D eigenvalue weighted by atomic mass is 35.5. The molecule has 3 rings (SSSR count). The zero-order chi connectivity index (χ0) is 24.9. The summed E-state index contributed by atoms with van der Waals surface area (Å²) in [4.78, 5) is 25.7. The van der Waals surface area contributed by atoms with E-state index in [1.807, 2.05) is 20.8 Å². The van der Waals surface area contributed by atoms with Crippen molar-refractivity contribution in [2.24, 2.45) is 0 Å². The minimum Gasteiger partial charge on any atom is -0.350 e. The number of benzene rings is 3. The second-order valence-electron chi connectivity index (χ2n) is 7.90. The van der Waals surface area contributed by atoms with E-state index in [0.717, 1.165) is 12.0 Å². The molecule has 0 spiro atoms. The van der Waals surface area contributed by atoms with Crippen LogP contribution >= 0.6 is 11.6 Å². The van der Waals surface area contributed by atoms with Gasteiger partial charge in [0.05, 0.1) is 26.7 Å². The first kappa shape index (κ1) is 25.3. The largest absolute Gasteiger partial charge is 0.350 e. The summed E-state index contributed by atoms with van der Waals surface area (Å²) in [5.41, 5.74) is 1.79. The number of para-hydroxylation sites is 1. The van der Waals surface area contributed by atoms with Crippen molar-refractivity contribution in [2.75, 3.05) is 10.0 Å². The Morgan fingerprint density at radius 1 is 0.941 bits per heavy atom. The van der Waals surface area contributed by atoms with Crippen molar-refractivity contribution in [2.45, 2.75) is 38.1 Å². The number of halogens is 1. The summed E-state index contributed by atoms with van der Waals surface area (Å²) in [6.45, 7) is 5.71. The van der Waals surface area contributed by atoms with E-state index >= 15 is 0 Å². The minimum absolute atomic E-state index is 0.0241. The molecule has 0 saturated carbocycles. The van der Waals surface area contributed by atoms with Gasteiger partial charge < -0.3 is 10.6 Å². The highest BCUT2D eigenvalue weighted by molar-refractivity contribution is 7.92. The van der Waals surface area contributed by atoms with Gasteiger partial charge in [0.25, 0.3) is 21.8 Å². The number of amides is 2. The Morgan fingerprint density at radius 3 is 2.29 bits per heavy atom. The van der Waals surface area contributed by atoms with Crippen molar-refractivity contribution >= 4 is 44.8 Å². The first-order valence-corrected chi connectivity index (χ1v) is 12.6. The van der Waals surface area contributed by atoms with Crippen LogP contribution in [0.5, 0.6) is 0 Å². The summed E-state index contributed by atoms with van der Waals surface area (Å²) in [7, 11) is -3.85. The molecule has 34 heavy (non-hydrogen) atoms. The SMILES string of the molecule is CC[C@H](C)NC(=O)c1ccccc1NC(=O)c1cc(NS(=O)(=O)c2ccc(C)cc2)ccc1Cl. The average molecular weight is 500 g/mol. The van der Waals surface area contributed by atoms with Crippen LogP contribution in [0.15, 0.2) is 71.6 Å². The van der Waals surface area contributed by atoms with E-state index in [9.17, 15) is 18.0 Å². The smallest absolute Gasteiger partial charge is 0.261 e. The monoisotopic (exact) mass is 499 g/mol.